The number of ether oxygens (including phenoxy) is 1. The van der Waals surface area contributed by atoms with Crippen molar-refractivity contribution in [2.75, 3.05) is 26.7 Å². The Labute approximate surface area is 123 Å². The lowest BCUT2D eigenvalue weighted by Crippen LogP contribution is -2.42. The molecule has 1 aromatic rings. The predicted octanol–water partition coefficient (Wildman–Crippen LogP) is 2.95. The molecular weight excluding hydrogens is 248 g/mol. The summed E-state index contributed by atoms with van der Waals surface area (Å²) in [6.07, 6.45) is 2.51. The van der Waals surface area contributed by atoms with Gasteiger partial charge in [0.2, 0.25) is 0 Å². The number of hydrogen-bond donors (Lipinski definition) is 1. The average molecular weight is 276 g/mol. The third kappa shape index (κ3) is 3.81. The molecule has 3 nitrogen and oxygen atoms in total. The fraction of sp³-hybridized carbons (Fsp3) is 0.647. The molecule has 20 heavy (non-hydrogen) atoms. The van der Waals surface area contributed by atoms with Crippen LogP contribution in [0.5, 0.6) is 0 Å². The molecule has 0 amide bonds. The highest BCUT2D eigenvalue weighted by Gasteiger charge is 2.29. The van der Waals surface area contributed by atoms with Gasteiger partial charge >= 0.3 is 0 Å². The van der Waals surface area contributed by atoms with Crippen molar-refractivity contribution < 1.29 is 4.74 Å². The van der Waals surface area contributed by atoms with Gasteiger partial charge in [0.05, 0.1) is 6.61 Å². The average Bonchev–Trinajstić information content (AvgIpc) is 2.43. The first-order valence-electron chi connectivity index (χ1n) is 7.57. The molecule has 1 fully saturated rings. The molecular formula is C17H28N2O. The van der Waals surface area contributed by atoms with E-state index < -0.39 is 0 Å². The normalized spacial score (nSPS) is 20.8. The Kier molecular flexibility index (Phi) is 5.19. The number of methoxy groups -OCH3 is 1. The van der Waals surface area contributed by atoms with Gasteiger partial charge in [0.15, 0.2) is 0 Å². The highest BCUT2D eigenvalue weighted by atomic mass is 16.5. The third-order valence-corrected chi connectivity index (χ3v) is 4.49. The van der Waals surface area contributed by atoms with Crippen LogP contribution in [0.4, 0.5) is 0 Å². The molecule has 0 bridgehead atoms. The van der Waals surface area contributed by atoms with Crippen molar-refractivity contribution >= 4 is 0 Å². The number of likely N-dealkylation sites (tertiary alicyclic amines) is 1. The molecule has 1 aromatic carbocycles. The number of benzene rings is 1. The lowest BCUT2D eigenvalue weighted by atomic mass is 9.82. The minimum absolute atomic E-state index is 0.350. The topological polar surface area (TPSA) is 38.5 Å². The van der Waals surface area contributed by atoms with E-state index in [-0.39, 0.29) is 0 Å². The van der Waals surface area contributed by atoms with Crippen LogP contribution in [0.1, 0.15) is 43.9 Å². The summed E-state index contributed by atoms with van der Waals surface area (Å²) < 4.78 is 5.16. The van der Waals surface area contributed by atoms with E-state index in [2.05, 4.69) is 43.0 Å². The van der Waals surface area contributed by atoms with Crippen molar-refractivity contribution in [2.24, 2.45) is 11.1 Å². The van der Waals surface area contributed by atoms with Gasteiger partial charge in [-0.15, -0.1) is 0 Å². The standard InChI is InChI=1S/C17H28N2O/c1-17(2)8-10-19(11-9-17)16(12-18)15-6-4-14(5-7-15)13-20-3/h4-7,16H,8-13,18H2,1-3H3. The molecule has 0 radical (unpaired) electrons. The monoisotopic (exact) mass is 276 g/mol. The van der Waals surface area contributed by atoms with Gasteiger partial charge in [-0.2, -0.15) is 0 Å². The number of nitrogens with two attached hydrogens (primary N) is 1. The van der Waals surface area contributed by atoms with Crippen LogP contribution in [-0.4, -0.2) is 31.6 Å². The van der Waals surface area contributed by atoms with Gasteiger partial charge in [0.25, 0.3) is 0 Å². The van der Waals surface area contributed by atoms with Gasteiger partial charge in [-0.1, -0.05) is 38.1 Å². The van der Waals surface area contributed by atoms with Crippen LogP contribution in [0.25, 0.3) is 0 Å². The van der Waals surface area contributed by atoms with Crippen molar-refractivity contribution in [1.82, 2.24) is 4.90 Å². The first kappa shape index (κ1) is 15.5. The smallest absolute Gasteiger partial charge is 0.0713 e. The molecule has 1 aliphatic heterocycles. The summed E-state index contributed by atoms with van der Waals surface area (Å²) in [6.45, 7) is 8.38. The van der Waals surface area contributed by atoms with E-state index in [4.69, 9.17) is 10.5 Å². The van der Waals surface area contributed by atoms with Crippen LogP contribution in [0, 0.1) is 5.41 Å². The number of hydrogen-bond acceptors (Lipinski definition) is 3. The van der Waals surface area contributed by atoms with Gasteiger partial charge in [0.1, 0.15) is 0 Å². The van der Waals surface area contributed by atoms with Crippen molar-refractivity contribution in [2.45, 2.75) is 39.3 Å². The molecule has 1 aliphatic rings. The Morgan fingerprint density at radius 1 is 1.20 bits per heavy atom. The molecule has 1 atom stereocenters. The van der Waals surface area contributed by atoms with Crippen LogP contribution in [-0.2, 0) is 11.3 Å². The zero-order chi connectivity index (χ0) is 14.6. The third-order valence-electron chi connectivity index (χ3n) is 4.49. The second kappa shape index (κ2) is 6.70. The molecule has 1 saturated heterocycles. The molecule has 0 aromatic heterocycles. The fourth-order valence-corrected chi connectivity index (χ4v) is 2.94. The summed E-state index contributed by atoms with van der Waals surface area (Å²) in [5, 5.41) is 0. The van der Waals surface area contributed by atoms with Crippen molar-refractivity contribution in [3.63, 3.8) is 0 Å². The van der Waals surface area contributed by atoms with Crippen molar-refractivity contribution in [1.29, 1.82) is 0 Å². The number of piperidine rings is 1. The van der Waals surface area contributed by atoms with E-state index in [1.165, 1.54) is 24.0 Å². The summed E-state index contributed by atoms with van der Waals surface area (Å²) in [4.78, 5) is 2.54. The molecule has 0 aliphatic carbocycles. The van der Waals surface area contributed by atoms with Crippen LogP contribution in [0.15, 0.2) is 24.3 Å². The van der Waals surface area contributed by atoms with Crippen LogP contribution >= 0.6 is 0 Å². The number of nitrogens with zero attached hydrogens (tertiary/aromatic N) is 1. The zero-order valence-electron chi connectivity index (χ0n) is 13.1. The summed E-state index contributed by atoms with van der Waals surface area (Å²) in [5.41, 5.74) is 9.06. The second-order valence-electron chi connectivity index (χ2n) is 6.63. The minimum Gasteiger partial charge on any atom is -0.380 e. The van der Waals surface area contributed by atoms with Crippen LogP contribution < -0.4 is 5.73 Å². The summed E-state index contributed by atoms with van der Waals surface area (Å²) in [7, 11) is 1.73. The van der Waals surface area contributed by atoms with Crippen LogP contribution in [0.3, 0.4) is 0 Å². The highest BCUT2D eigenvalue weighted by Crippen LogP contribution is 2.33. The van der Waals surface area contributed by atoms with Crippen molar-refractivity contribution in [3.05, 3.63) is 35.4 Å². The molecule has 2 rings (SSSR count). The summed E-state index contributed by atoms with van der Waals surface area (Å²) in [6, 6.07) is 9.05. The first-order chi connectivity index (χ1) is 9.55. The first-order valence-corrected chi connectivity index (χ1v) is 7.57. The van der Waals surface area contributed by atoms with Gasteiger partial charge in [0, 0.05) is 19.7 Å². The van der Waals surface area contributed by atoms with E-state index in [0.717, 1.165) is 13.1 Å². The molecule has 0 saturated carbocycles. The Balaban J connectivity index is 2.04. The predicted molar refractivity (Wildman–Crippen MR) is 83.5 cm³/mol. The number of rotatable bonds is 5. The molecule has 0 spiro atoms. The van der Waals surface area contributed by atoms with E-state index >= 15 is 0 Å². The molecule has 1 unspecified atom stereocenters. The Morgan fingerprint density at radius 3 is 2.30 bits per heavy atom. The molecule has 2 N–H and O–H groups in total. The maximum absolute atomic E-state index is 6.03. The van der Waals surface area contributed by atoms with Gasteiger partial charge in [-0.25, -0.2) is 0 Å². The lowest BCUT2D eigenvalue weighted by molar-refractivity contribution is 0.0964. The lowest BCUT2D eigenvalue weighted by Gasteiger charge is -2.41. The Morgan fingerprint density at radius 2 is 1.80 bits per heavy atom. The second-order valence-corrected chi connectivity index (χ2v) is 6.63. The van der Waals surface area contributed by atoms with Gasteiger partial charge in [-0.3, -0.25) is 4.90 Å². The summed E-state index contributed by atoms with van der Waals surface area (Å²) >= 11 is 0. The maximum Gasteiger partial charge on any atom is 0.0713 e. The molecule has 1 heterocycles. The van der Waals surface area contributed by atoms with Crippen LogP contribution in [0.2, 0.25) is 0 Å². The minimum atomic E-state index is 0.350. The van der Waals surface area contributed by atoms with E-state index in [9.17, 15) is 0 Å². The molecule has 3 heteroatoms. The molecule has 112 valence electrons. The Hall–Kier alpha value is -0.900. The van der Waals surface area contributed by atoms with E-state index in [1.807, 2.05) is 0 Å². The zero-order valence-corrected chi connectivity index (χ0v) is 13.1. The maximum atomic E-state index is 6.03. The van der Waals surface area contributed by atoms with Gasteiger partial charge in [-0.05, 0) is 42.5 Å². The fourth-order valence-electron chi connectivity index (χ4n) is 2.94. The van der Waals surface area contributed by atoms with E-state index in [0.29, 0.717) is 24.6 Å². The highest BCUT2D eigenvalue weighted by molar-refractivity contribution is 5.25. The largest absolute Gasteiger partial charge is 0.380 e. The van der Waals surface area contributed by atoms with Gasteiger partial charge < -0.3 is 10.5 Å². The SMILES string of the molecule is COCc1ccc(C(CN)N2CCC(C)(C)CC2)cc1. The quantitative estimate of drug-likeness (QED) is 0.898. The Bertz CT molecular complexity index is 404. The van der Waals surface area contributed by atoms with E-state index in [1.54, 1.807) is 7.11 Å². The summed E-state index contributed by atoms with van der Waals surface area (Å²) in [5.74, 6) is 0. The van der Waals surface area contributed by atoms with Crippen molar-refractivity contribution in [3.8, 4) is 0 Å².